The van der Waals surface area contributed by atoms with Crippen molar-refractivity contribution in [1.82, 2.24) is 15.1 Å². The Balaban J connectivity index is 1.49. The van der Waals surface area contributed by atoms with Crippen LogP contribution in [0.15, 0.2) is 0 Å². The number of hydrogen-bond acceptors (Lipinski definition) is 4. The maximum atomic E-state index is 12.1. The average Bonchev–Trinajstić information content (AvgIpc) is 3.06. The number of nitriles is 1. The SMILES string of the molecule is N#CCCN1CCC(C(=O)NCCCCN2CCCC2)CC1. The van der Waals surface area contributed by atoms with Crippen molar-refractivity contribution in [2.75, 3.05) is 45.8 Å². The number of unbranched alkanes of at least 4 members (excludes halogenated alkanes) is 1. The maximum absolute atomic E-state index is 12.1. The maximum Gasteiger partial charge on any atom is 0.223 e. The molecule has 5 heteroatoms. The molecule has 0 radical (unpaired) electrons. The van der Waals surface area contributed by atoms with E-state index >= 15 is 0 Å². The first kappa shape index (κ1) is 17.2. The van der Waals surface area contributed by atoms with E-state index < -0.39 is 0 Å². The van der Waals surface area contributed by atoms with Crippen LogP contribution >= 0.6 is 0 Å². The van der Waals surface area contributed by atoms with Crippen LogP contribution < -0.4 is 5.32 Å². The van der Waals surface area contributed by atoms with Crippen LogP contribution in [0.1, 0.15) is 44.9 Å². The predicted octanol–water partition coefficient (Wildman–Crippen LogP) is 1.60. The number of piperidine rings is 1. The molecule has 2 fully saturated rings. The third kappa shape index (κ3) is 5.94. The average molecular weight is 306 g/mol. The summed E-state index contributed by atoms with van der Waals surface area (Å²) in [4.78, 5) is 17.0. The highest BCUT2D eigenvalue weighted by atomic mass is 16.1. The van der Waals surface area contributed by atoms with Gasteiger partial charge < -0.3 is 15.1 Å². The lowest BCUT2D eigenvalue weighted by atomic mass is 9.96. The van der Waals surface area contributed by atoms with Crippen LogP contribution in [-0.2, 0) is 4.79 Å². The quantitative estimate of drug-likeness (QED) is 0.692. The molecule has 0 saturated carbocycles. The van der Waals surface area contributed by atoms with E-state index in [4.69, 9.17) is 5.26 Å². The first-order chi connectivity index (χ1) is 10.8. The fraction of sp³-hybridized carbons (Fsp3) is 0.882. The lowest BCUT2D eigenvalue weighted by Gasteiger charge is -2.30. The molecule has 2 rings (SSSR count). The lowest BCUT2D eigenvalue weighted by molar-refractivity contribution is -0.126. The van der Waals surface area contributed by atoms with Crippen molar-refractivity contribution < 1.29 is 4.79 Å². The Kier molecular flexibility index (Phi) is 7.68. The topological polar surface area (TPSA) is 59.4 Å². The standard InChI is InChI=1S/C17H30N4O/c18-8-5-13-21-14-6-16(7-15-21)17(22)19-9-1-2-10-20-11-3-4-12-20/h16H,1-7,9-15H2,(H,19,22). The van der Waals surface area contributed by atoms with Crippen LogP contribution in [0.25, 0.3) is 0 Å². The van der Waals surface area contributed by atoms with Gasteiger partial charge in [-0.15, -0.1) is 0 Å². The van der Waals surface area contributed by atoms with Gasteiger partial charge in [0.2, 0.25) is 5.91 Å². The summed E-state index contributed by atoms with van der Waals surface area (Å²) in [6, 6.07) is 2.18. The van der Waals surface area contributed by atoms with E-state index in [0.29, 0.717) is 6.42 Å². The summed E-state index contributed by atoms with van der Waals surface area (Å²) in [5.41, 5.74) is 0. The first-order valence-corrected chi connectivity index (χ1v) is 8.89. The molecule has 0 aromatic carbocycles. The van der Waals surface area contributed by atoms with Gasteiger partial charge >= 0.3 is 0 Å². The van der Waals surface area contributed by atoms with Crippen molar-refractivity contribution in [2.24, 2.45) is 5.92 Å². The summed E-state index contributed by atoms with van der Waals surface area (Å²) >= 11 is 0. The zero-order chi connectivity index (χ0) is 15.6. The molecule has 0 aromatic heterocycles. The van der Waals surface area contributed by atoms with Crippen LogP contribution in [0.4, 0.5) is 0 Å². The van der Waals surface area contributed by atoms with Crippen molar-refractivity contribution >= 4 is 5.91 Å². The molecule has 0 unspecified atom stereocenters. The minimum Gasteiger partial charge on any atom is -0.356 e. The summed E-state index contributed by atoms with van der Waals surface area (Å²) in [7, 11) is 0. The molecule has 0 atom stereocenters. The Morgan fingerprint density at radius 1 is 1.05 bits per heavy atom. The number of hydrogen-bond donors (Lipinski definition) is 1. The van der Waals surface area contributed by atoms with Gasteiger partial charge in [0.25, 0.3) is 0 Å². The van der Waals surface area contributed by atoms with Crippen molar-refractivity contribution in [1.29, 1.82) is 5.26 Å². The Labute approximate surface area is 134 Å². The molecule has 2 aliphatic heterocycles. The second-order valence-electron chi connectivity index (χ2n) is 6.57. The minimum atomic E-state index is 0.178. The minimum absolute atomic E-state index is 0.178. The van der Waals surface area contributed by atoms with E-state index in [-0.39, 0.29) is 11.8 Å². The Morgan fingerprint density at radius 3 is 2.41 bits per heavy atom. The van der Waals surface area contributed by atoms with E-state index in [1.807, 2.05) is 0 Å². The molecular weight excluding hydrogens is 276 g/mol. The van der Waals surface area contributed by atoms with Gasteiger partial charge in [-0.05, 0) is 71.2 Å². The Hall–Kier alpha value is -1.12. The highest BCUT2D eigenvalue weighted by molar-refractivity contribution is 5.78. The van der Waals surface area contributed by atoms with Gasteiger partial charge in [0.05, 0.1) is 6.07 Å². The van der Waals surface area contributed by atoms with Gasteiger partial charge in [-0.1, -0.05) is 0 Å². The number of rotatable bonds is 8. The van der Waals surface area contributed by atoms with Gasteiger partial charge in [-0.3, -0.25) is 4.79 Å². The number of likely N-dealkylation sites (tertiary alicyclic amines) is 2. The smallest absolute Gasteiger partial charge is 0.223 e. The van der Waals surface area contributed by atoms with Gasteiger partial charge in [-0.25, -0.2) is 0 Å². The molecular formula is C17H30N4O. The van der Waals surface area contributed by atoms with Crippen molar-refractivity contribution in [2.45, 2.75) is 44.9 Å². The number of nitrogens with one attached hydrogen (secondary N) is 1. The van der Waals surface area contributed by atoms with E-state index in [1.54, 1.807) is 0 Å². The highest BCUT2D eigenvalue weighted by Gasteiger charge is 2.24. The van der Waals surface area contributed by atoms with Crippen molar-refractivity contribution in [3.05, 3.63) is 0 Å². The van der Waals surface area contributed by atoms with Gasteiger partial charge in [0.15, 0.2) is 0 Å². The normalized spacial score (nSPS) is 20.9. The van der Waals surface area contributed by atoms with Crippen LogP contribution in [-0.4, -0.2) is 61.5 Å². The molecule has 2 heterocycles. The lowest BCUT2D eigenvalue weighted by Crippen LogP contribution is -2.41. The third-order valence-electron chi connectivity index (χ3n) is 4.90. The second-order valence-corrected chi connectivity index (χ2v) is 6.57. The molecule has 5 nitrogen and oxygen atoms in total. The van der Waals surface area contributed by atoms with Crippen LogP contribution in [0, 0.1) is 17.2 Å². The van der Waals surface area contributed by atoms with Crippen molar-refractivity contribution in [3.8, 4) is 6.07 Å². The third-order valence-corrected chi connectivity index (χ3v) is 4.90. The number of nitrogens with zero attached hydrogens (tertiary/aromatic N) is 3. The summed E-state index contributed by atoms with van der Waals surface area (Å²) in [6.45, 7) is 7.28. The molecule has 2 aliphatic rings. The number of carbonyl (C=O) groups excluding carboxylic acids is 1. The van der Waals surface area contributed by atoms with E-state index in [1.165, 1.54) is 38.9 Å². The first-order valence-electron chi connectivity index (χ1n) is 8.89. The Bertz CT molecular complexity index is 365. The molecule has 0 bridgehead atoms. The molecule has 1 amide bonds. The van der Waals surface area contributed by atoms with Crippen LogP contribution in [0.2, 0.25) is 0 Å². The molecule has 0 spiro atoms. The monoisotopic (exact) mass is 306 g/mol. The number of carbonyl (C=O) groups is 1. The highest BCUT2D eigenvalue weighted by Crippen LogP contribution is 2.17. The summed E-state index contributed by atoms with van der Waals surface area (Å²) in [6.07, 6.45) is 7.44. The molecule has 0 aromatic rings. The summed E-state index contributed by atoms with van der Waals surface area (Å²) < 4.78 is 0. The Morgan fingerprint density at radius 2 is 1.73 bits per heavy atom. The predicted molar refractivity (Wildman–Crippen MR) is 87.3 cm³/mol. The van der Waals surface area contributed by atoms with E-state index in [9.17, 15) is 4.79 Å². The zero-order valence-corrected chi connectivity index (χ0v) is 13.7. The van der Waals surface area contributed by atoms with Crippen LogP contribution in [0.5, 0.6) is 0 Å². The molecule has 0 aliphatic carbocycles. The van der Waals surface area contributed by atoms with Crippen LogP contribution in [0.3, 0.4) is 0 Å². The summed E-state index contributed by atoms with van der Waals surface area (Å²) in [5.74, 6) is 0.415. The molecule has 2 saturated heterocycles. The molecule has 22 heavy (non-hydrogen) atoms. The van der Waals surface area contributed by atoms with Crippen molar-refractivity contribution in [3.63, 3.8) is 0 Å². The van der Waals surface area contributed by atoms with Gasteiger partial charge in [0.1, 0.15) is 0 Å². The van der Waals surface area contributed by atoms with E-state index in [0.717, 1.165) is 45.4 Å². The summed E-state index contributed by atoms with van der Waals surface area (Å²) in [5, 5.41) is 11.7. The van der Waals surface area contributed by atoms with E-state index in [2.05, 4.69) is 21.2 Å². The van der Waals surface area contributed by atoms with Gasteiger partial charge in [0, 0.05) is 25.4 Å². The molecule has 1 N–H and O–H groups in total. The largest absolute Gasteiger partial charge is 0.356 e. The second kappa shape index (κ2) is 9.81. The zero-order valence-electron chi connectivity index (χ0n) is 13.7. The molecule has 124 valence electrons. The fourth-order valence-electron chi connectivity index (χ4n) is 3.45. The fourth-order valence-corrected chi connectivity index (χ4v) is 3.45. The van der Waals surface area contributed by atoms with Gasteiger partial charge in [-0.2, -0.15) is 5.26 Å². The number of amides is 1.